The molecule has 8 nitrogen and oxygen atoms in total. The zero-order chi connectivity index (χ0) is 23.1. The lowest BCUT2D eigenvalue weighted by atomic mass is 10.1. The molecular weight excluding hydrogens is 410 g/mol. The number of carbonyl (C=O) groups excluding carboxylic acids is 3. The molecule has 0 atom stereocenters. The molecule has 0 aromatic heterocycles. The number of nitrogens with one attached hydrogen (secondary N) is 2. The van der Waals surface area contributed by atoms with E-state index < -0.39 is 24.4 Å². The number of imide groups is 1. The Balaban J connectivity index is 1.72. The second kappa shape index (κ2) is 10.2. The molecule has 0 radical (unpaired) electrons. The maximum atomic E-state index is 12.7. The Hall–Kier alpha value is -4.25. The van der Waals surface area contributed by atoms with Gasteiger partial charge < -0.3 is 20.1 Å². The third kappa shape index (κ3) is 5.46. The van der Waals surface area contributed by atoms with Gasteiger partial charge in [-0.2, -0.15) is 0 Å². The van der Waals surface area contributed by atoms with Crippen molar-refractivity contribution in [2.75, 3.05) is 25.1 Å². The van der Waals surface area contributed by atoms with Gasteiger partial charge in [-0.05, 0) is 55.3 Å². The van der Waals surface area contributed by atoms with Crippen LogP contribution >= 0.6 is 0 Å². The van der Waals surface area contributed by atoms with Gasteiger partial charge in [-0.3, -0.25) is 9.59 Å². The van der Waals surface area contributed by atoms with E-state index in [4.69, 9.17) is 15.9 Å². The van der Waals surface area contributed by atoms with Gasteiger partial charge in [0.1, 0.15) is 18.8 Å². The molecule has 1 heterocycles. The first-order valence-electron chi connectivity index (χ1n) is 9.95. The van der Waals surface area contributed by atoms with Crippen LogP contribution in [0.5, 0.6) is 11.5 Å². The number of carbonyl (C=O) groups is 3. The molecule has 2 N–H and O–H groups in total. The van der Waals surface area contributed by atoms with Crippen LogP contribution in [0.4, 0.5) is 10.5 Å². The SMILES string of the molecule is C#CCOc1ccc(/C=C2\NC(=O)N(CC(=O)Nc3cccc(C)c3)C2=O)cc1OCC. The summed E-state index contributed by atoms with van der Waals surface area (Å²) in [6, 6.07) is 11.6. The fourth-order valence-electron chi connectivity index (χ4n) is 3.07. The van der Waals surface area contributed by atoms with E-state index in [0.29, 0.717) is 29.4 Å². The molecule has 1 fully saturated rings. The Morgan fingerprint density at radius 3 is 2.72 bits per heavy atom. The van der Waals surface area contributed by atoms with Crippen LogP contribution in [-0.2, 0) is 9.59 Å². The van der Waals surface area contributed by atoms with E-state index in [0.717, 1.165) is 10.5 Å². The molecular formula is C24H23N3O5. The van der Waals surface area contributed by atoms with Crippen molar-refractivity contribution in [2.24, 2.45) is 0 Å². The molecule has 0 saturated carbocycles. The minimum absolute atomic E-state index is 0.0538. The van der Waals surface area contributed by atoms with Gasteiger partial charge >= 0.3 is 6.03 Å². The molecule has 3 rings (SSSR count). The normalized spacial score (nSPS) is 14.2. The Bertz CT molecular complexity index is 1120. The number of aryl methyl sites for hydroxylation is 1. The second-order valence-electron chi connectivity index (χ2n) is 6.93. The summed E-state index contributed by atoms with van der Waals surface area (Å²) in [4.78, 5) is 38.2. The highest BCUT2D eigenvalue weighted by Gasteiger charge is 2.35. The lowest BCUT2D eigenvalue weighted by molar-refractivity contribution is -0.127. The molecule has 0 aliphatic carbocycles. The standard InChI is InChI=1S/C24H23N3O5/c1-4-11-32-20-10-9-17(14-21(20)31-5-2)13-19-23(29)27(24(30)26-19)15-22(28)25-18-8-6-7-16(3)12-18/h1,6-10,12-14H,5,11,15H2,2-3H3,(H,25,28)(H,26,30)/b19-13-. The fraction of sp³-hybridized carbons (Fsp3) is 0.208. The third-order valence-corrected chi connectivity index (χ3v) is 4.46. The molecule has 0 unspecified atom stereocenters. The van der Waals surface area contributed by atoms with Gasteiger partial charge in [-0.1, -0.05) is 24.1 Å². The average molecular weight is 433 g/mol. The number of anilines is 1. The van der Waals surface area contributed by atoms with Gasteiger partial charge in [-0.15, -0.1) is 6.42 Å². The quantitative estimate of drug-likeness (QED) is 0.379. The number of ether oxygens (including phenoxy) is 2. The largest absolute Gasteiger partial charge is 0.490 e. The van der Waals surface area contributed by atoms with E-state index in [1.807, 2.05) is 19.9 Å². The van der Waals surface area contributed by atoms with Crippen LogP contribution in [0, 0.1) is 19.3 Å². The lowest BCUT2D eigenvalue weighted by Gasteiger charge is -2.12. The van der Waals surface area contributed by atoms with Crippen LogP contribution in [0.15, 0.2) is 48.2 Å². The van der Waals surface area contributed by atoms with E-state index in [2.05, 4.69) is 16.6 Å². The summed E-state index contributed by atoms with van der Waals surface area (Å²) < 4.78 is 11.0. The van der Waals surface area contributed by atoms with Crippen LogP contribution in [-0.4, -0.2) is 42.5 Å². The smallest absolute Gasteiger partial charge is 0.329 e. The summed E-state index contributed by atoms with van der Waals surface area (Å²) in [5, 5.41) is 5.18. The lowest BCUT2D eigenvalue weighted by Crippen LogP contribution is -2.38. The van der Waals surface area contributed by atoms with E-state index in [9.17, 15) is 14.4 Å². The Kier molecular flexibility index (Phi) is 7.13. The number of terminal acetylenes is 1. The summed E-state index contributed by atoms with van der Waals surface area (Å²) >= 11 is 0. The first kappa shape index (κ1) is 22.4. The minimum Gasteiger partial charge on any atom is -0.490 e. The van der Waals surface area contributed by atoms with Gasteiger partial charge in [0.05, 0.1) is 6.61 Å². The van der Waals surface area contributed by atoms with E-state index in [1.165, 1.54) is 6.08 Å². The zero-order valence-corrected chi connectivity index (χ0v) is 17.8. The highest BCUT2D eigenvalue weighted by molar-refractivity contribution is 6.15. The molecule has 8 heteroatoms. The van der Waals surface area contributed by atoms with Crippen LogP contribution in [0.25, 0.3) is 6.08 Å². The fourth-order valence-corrected chi connectivity index (χ4v) is 3.07. The third-order valence-electron chi connectivity index (χ3n) is 4.46. The molecule has 32 heavy (non-hydrogen) atoms. The summed E-state index contributed by atoms with van der Waals surface area (Å²) in [5.41, 5.74) is 2.23. The van der Waals surface area contributed by atoms with Crippen molar-refractivity contribution in [2.45, 2.75) is 13.8 Å². The predicted octanol–water partition coefficient (Wildman–Crippen LogP) is 2.94. The summed E-state index contributed by atoms with van der Waals surface area (Å²) in [6.45, 7) is 3.82. The topological polar surface area (TPSA) is 97.0 Å². The number of benzene rings is 2. The number of nitrogens with zero attached hydrogens (tertiary/aromatic N) is 1. The highest BCUT2D eigenvalue weighted by atomic mass is 16.5. The van der Waals surface area contributed by atoms with Gasteiger partial charge in [-0.25, -0.2) is 9.69 Å². The zero-order valence-electron chi connectivity index (χ0n) is 17.8. The van der Waals surface area contributed by atoms with Gasteiger partial charge in [0, 0.05) is 5.69 Å². The van der Waals surface area contributed by atoms with Crippen molar-refractivity contribution in [3.8, 4) is 23.8 Å². The van der Waals surface area contributed by atoms with Crippen molar-refractivity contribution in [3.63, 3.8) is 0 Å². The van der Waals surface area contributed by atoms with Crippen molar-refractivity contribution >= 4 is 29.6 Å². The molecule has 2 aromatic carbocycles. The highest BCUT2D eigenvalue weighted by Crippen LogP contribution is 2.29. The average Bonchev–Trinajstić information content (AvgIpc) is 3.00. The summed E-state index contributed by atoms with van der Waals surface area (Å²) in [5.74, 6) is 2.25. The molecule has 2 aromatic rings. The van der Waals surface area contributed by atoms with Crippen LogP contribution in [0.1, 0.15) is 18.1 Å². The number of hydrogen-bond donors (Lipinski definition) is 2. The second-order valence-corrected chi connectivity index (χ2v) is 6.93. The Labute approximate surface area is 186 Å². The molecule has 1 aliphatic rings. The minimum atomic E-state index is -0.667. The number of rotatable bonds is 8. The molecule has 0 spiro atoms. The van der Waals surface area contributed by atoms with Crippen molar-refractivity contribution < 1.29 is 23.9 Å². The van der Waals surface area contributed by atoms with E-state index >= 15 is 0 Å². The van der Waals surface area contributed by atoms with E-state index in [-0.39, 0.29) is 12.3 Å². The van der Waals surface area contributed by atoms with Gasteiger partial charge in [0.2, 0.25) is 5.91 Å². The van der Waals surface area contributed by atoms with Crippen molar-refractivity contribution in [3.05, 3.63) is 59.3 Å². The van der Waals surface area contributed by atoms with Crippen LogP contribution in [0.2, 0.25) is 0 Å². The Morgan fingerprint density at radius 2 is 2.00 bits per heavy atom. The predicted molar refractivity (Wildman–Crippen MR) is 120 cm³/mol. The van der Waals surface area contributed by atoms with Gasteiger partial charge in [0.15, 0.2) is 11.5 Å². The molecule has 0 bridgehead atoms. The number of hydrogen-bond acceptors (Lipinski definition) is 5. The summed E-state index contributed by atoms with van der Waals surface area (Å²) in [7, 11) is 0. The van der Waals surface area contributed by atoms with Crippen molar-refractivity contribution in [1.29, 1.82) is 0 Å². The molecule has 164 valence electrons. The Morgan fingerprint density at radius 1 is 1.19 bits per heavy atom. The first-order chi connectivity index (χ1) is 15.4. The summed E-state index contributed by atoms with van der Waals surface area (Å²) in [6.07, 6.45) is 6.73. The van der Waals surface area contributed by atoms with E-state index in [1.54, 1.807) is 36.4 Å². The molecule has 1 aliphatic heterocycles. The van der Waals surface area contributed by atoms with Crippen LogP contribution in [0.3, 0.4) is 0 Å². The molecule has 4 amide bonds. The first-order valence-corrected chi connectivity index (χ1v) is 9.95. The number of urea groups is 1. The van der Waals surface area contributed by atoms with Gasteiger partial charge in [0.25, 0.3) is 5.91 Å². The maximum absolute atomic E-state index is 12.7. The van der Waals surface area contributed by atoms with Crippen molar-refractivity contribution in [1.82, 2.24) is 10.2 Å². The maximum Gasteiger partial charge on any atom is 0.329 e. The monoisotopic (exact) mass is 433 g/mol. The van der Waals surface area contributed by atoms with Crippen LogP contribution < -0.4 is 20.1 Å². The molecule has 1 saturated heterocycles. The number of amides is 4.